The highest BCUT2D eigenvalue weighted by Crippen LogP contribution is 2.39. The fraction of sp³-hybridized carbons (Fsp3) is 0.333. The summed E-state index contributed by atoms with van der Waals surface area (Å²) in [7, 11) is 6.97. The predicted octanol–water partition coefficient (Wildman–Crippen LogP) is 4.25. The zero-order valence-corrected chi connectivity index (χ0v) is 21.8. The molecule has 0 radical (unpaired) electrons. The van der Waals surface area contributed by atoms with Crippen LogP contribution >= 0.6 is 7.92 Å². The normalized spacial score (nSPS) is 11.0. The topological polar surface area (TPSA) is 109 Å². The second-order valence-corrected chi connectivity index (χ2v) is 10.7. The first-order chi connectivity index (χ1) is 16.7. The van der Waals surface area contributed by atoms with E-state index in [2.05, 4.69) is 40.0 Å². The monoisotopic (exact) mass is 497 g/mol. The fourth-order valence-electron chi connectivity index (χ4n) is 3.46. The van der Waals surface area contributed by atoms with Crippen molar-refractivity contribution < 1.29 is 9.66 Å². The standard InChI is InChI=1S/C24H32N7O3P/c1-29(2)13-14-30(3)19-16-21(34-4)18(15-20(19)31(32)33)27-24-25-12-11-23(28-24)26-17-9-7-8-10-22(17)35(5)6/h7-12,15-16H,13-14H2,1-6H3,(H2,25,26,27,28). The van der Waals surface area contributed by atoms with Crippen LogP contribution < -0.4 is 25.6 Å². The van der Waals surface area contributed by atoms with E-state index in [1.165, 1.54) is 18.5 Å². The minimum atomic E-state index is -0.393. The number of methoxy groups -OCH3 is 1. The number of nitrogens with one attached hydrogen (secondary N) is 2. The summed E-state index contributed by atoms with van der Waals surface area (Å²) < 4.78 is 5.55. The first-order valence-corrected chi connectivity index (χ1v) is 13.3. The van der Waals surface area contributed by atoms with Crippen molar-refractivity contribution in [1.29, 1.82) is 0 Å². The molecular formula is C24H32N7O3P. The van der Waals surface area contributed by atoms with Gasteiger partial charge in [0.2, 0.25) is 5.95 Å². The molecule has 0 aliphatic heterocycles. The first kappa shape index (κ1) is 26.1. The predicted molar refractivity (Wildman–Crippen MR) is 145 cm³/mol. The van der Waals surface area contributed by atoms with Crippen molar-refractivity contribution in [3.63, 3.8) is 0 Å². The van der Waals surface area contributed by atoms with Gasteiger partial charge in [0.05, 0.1) is 17.7 Å². The van der Waals surface area contributed by atoms with Gasteiger partial charge in [-0.1, -0.05) is 26.1 Å². The first-order valence-electron chi connectivity index (χ1n) is 11.0. The number of hydrogen-bond donors (Lipinski definition) is 2. The third-order valence-corrected chi connectivity index (χ3v) is 6.69. The SMILES string of the molecule is COc1cc(N(C)CCN(C)C)c([N+](=O)[O-])cc1Nc1nccc(Nc2ccccc2P(C)C)n1. The number of hydrogen-bond acceptors (Lipinski definition) is 9. The number of aromatic nitrogens is 2. The summed E-state index contributed by atoms with van der Waals surface area (Å²) in [4.78, 5) is 24.2. The molecule has 0 aliphatic carbocycles. The van der Waals surface area contributed by atoms with E-state index in [1.54, 1.807) is 18.3 Å². The highest BCUT2D eigenvalue weighted by atomic mass is 31.1. The van der Waals surface area contributed by atoms with Crippen LogP contribution in [0.5, 0.6) is 5.75 Å². The van der Waals surface area contributed by atoms with Gasteiger partial charge in [-0.3, -0.25) is 10.1 Å². The van der Waals surface area contributed by atoms with Crippen molar-refractivity contribution in [2.45, 2.75) is 0 Å². The average molecular weight is 498 g/mol. The Hall–Kier alpha value is -3.49. The third kappa shape index (κ3) is 6.77. The van der Waals surface area contributed by atoms with E-state index in [1.807, 2.05) is 49.1 Å². The van der Waals surface area contributed by atoms with Gasteiger partial charge < -0.3 is 25.2 Å². The number of benzene rings is 2. The Bertz CT molecular complexity index is 1170. The lowest BCUT2D eigenvalue weighted by molar-refractivity contribution is -0.384. The van der Waals surface area contributed by atoms with E-state index in [4.69, 9.17) is 4.74 Å². The summed E-state index contributed by atoms with van der Waals surface area (Å²) in [6, 6.07) is 13.0. The van der Waals surface area contributed by atoms with Gasteiger partial charge in [-0.2, -0.15) is 4.98 Å². The summed E-state index contributed by atoms with van der Waals surface area (Å²) in [6.07, 6.45) is 1.63. The Kier molecular flexibility index (Phi) is 8.78. The summed E-state index contributed by atoms with van der Waals surface area (Å²) in [5.41, 5.74) is 1.85. The minimum absolute atomic E-state index is 0.0305. The van der Waals surface area contributed by atoms with Crippen molar-refractivity contribution in [3.05, 3.63) is 58.8 Å². The molecule has 0 fully saturated rings. The molecule has 35 heavy (non-hydrogen) atoms. The summed E-state index contributed by atoms with van der Waals surface area (Å²) in [5, 5.41) is 19.6. The zero-order valence-electron chi connectivity index (χ0n) is 20.9. The molecule has 11 heteroatoms. The molecule has 2 N–H and O–H groups in total. The van der Waals surface area contributed by atoms with Crippen LogP contribution in [-0.2, 0) is 0 Å². The Morgan fingerprint density at radius 3 is 2.46 bits per heavy atom. The van der Waals surface area contributed by atoms with Crippen LogP contribution in [0.2, 0.25) is 0 Å². The maximum Gasteiger partial charge on any atom is 0.294 e. The number of anilines is 5. The van der Waals surface area contributed by atoms with Crippen molar-refractivity contribution >= 4 is 47.7 Å². The van der Waals surface area contributed by atoms with Gasteiger partial charge in [0.1, 0.15) is 17.3 Å². The van der Waals surface area contributed by atoms with Crippen molar-refractivity contribution in [1.82, 2.24) is 14.9 Å². The van der Waals surface area contributed by atoms with Crippen LogP contribution in [0.3, 0.4) is 0 Å². The molecule has 1 heterocycles. The van der Waals surface area contributed by atoms with Crippen LogP contribution in [-0.4, -0.2) is 74.5 Å². The molecule has 0 aliphatic rings. The van der Waals surface area contributed by atoms with Crippen molar-refractivity contribution in [2.24, 2.45) is 0 Å². The van der Waals surface area contributed by atoms with E-state index in [-0.39, 0.29) is 13.6 Å². The second kappa shape index (κ2) is 11.8. The van der Waals surface area contributed by atoms with E-state index in [0.717, 1.165) is 12.2 Å². The van der Waals surface area contributed by atoms with Gasteiger partial charge in [-0.25, -0.2) is 4.98 Å². The Morgan fingerprint density at radius 1 is 1.06 bits per heavy atom. The average Bonchev–Trinajstić information content (AvgIpc) is 2.82. The van der Waals surface area contributed by atoms with Gasteiger partial charge in [-0.15, -0.1) is 0 Å². The molecule has 0 unspecified atom stereocenters. The Labute approximate surface area is 207 Å². The van der Waals surface area contributed by atoms with Crippen LogP contribution in [0.1, 0.15) is 0 Å². The fourth-order valence-corrected chi connectivity index (χ4v) is 4.46. The molecule has 0 bridgehead atoms. The molecule has 10 nitrogen and oxygen atoms in total. The third-order valence-electron chi connectivity index (χ3n) is 5.34. The Balaban J connectivity index is 1.90. The minimum Gasteiger partial charge on any atom is -0.494 e. The number of nitrogens with zero attached hydrogens (tertiary/aromatic N) is 5. The highest BCUT2D eigenvalue weighted by Gasteiger charge is 2.22. The lowest BCUT2D eigenvalue weighted by atomic mass is 10.2. The zero-order chi connectivity index (χ0) is 25.5. The van der Waals surface area contributed by atoms with Crippen LogP contribution in [0.25, 0.3) is 0 Å². The molecule has 0 spiro atoms. The van der Waals surface area contributed by atoms with E-state index in [0.29, 0.717) is 35.4 Å². The molecular weight excluding hydrogens is 465 g/mol. The highest BCUT2D eigenvalue weighted by molar-refractivity contribution is 7.64. The number of nitro groups is 1. The van der Waals surface area contributed by atoms with E-state index in [9.17, 15) is 10.1 Å². The number of ether oxygens (including phenoxy) is 1. The van der Waals surface area contributed by atoms with Crippen LogP contribution in [0.15, 0.2) is 48.7 Å². The number of likely N-dealkylation sites (N-methyl/N-ethyl adjacent to an activating group) is 2. The molecule has 2 aromatic carbocycles. The smallest absolute Gasteiger partial charge is 0.294 e. The van der Waals surface area contributed by atoms with Gasteiger partial charge in [0.15, 0.2) is 0 Å². The van der Waals surface area contributed by atoms with E-state index < -0.39 is 4.92 Å². The molecule has 0 amide bonds. The van der Waals surface area contributed by atoms with Gasteiger partial charge in [0.25, 0.3) is 5.69 Å². The van der Waals surface area contributed by atoms with Crippen molar-refractivity contribution in [3.8, 4) is 5.75 Å². The Morgan fingerprint density at radius 2 is 1.80 bits per heavy atom. The molecule has 3 aromatic rings. The lowest BCUT2D eigenvalue weighted by Crippen LogP contribution is -2.28. The maximum absolute atomic E-state index is 11.9. The summed E-state index contributed by atoms with van der Waals surface area (Å²) >= 11 is 0. The second-order valence-electron chi connectivity index (χ2n) is 8.45. The molecule has 0 atom stereocenters. The molecule has 1 aromatic heterocycles. The summed E-state index contributed by atoms with van der Waals surface area (Å²) in [5.74, 6) is 1.36. The molecule has 3 rings (SSSR count). The molecule has 0 saturated carbocycles. The number of para-hydroxylation sites is 1. The number of rotatable bonds is 11. The molecule has 0 saturated heterocycles. The largest absolute Gasteiger partial charge is 0.494 e. The lowest BCUT2D eigenvalue weighted by Gasteiger charge is -2.22. The van der Waals surface area contributed by atoms with Gasteiger partial charge >= 0.3 is 0 Å². The van der Waals surface area contributed by atoms with E-state index >= 15 is 0 Å². The van der Waals surface area contributed by atoms with Gasteiger partial charge in [0, 0.05) is 44.2 Å². The summed E-state index contributed by atoms with van der Waals surface area (Å²) in [6.45, 7) is 5.78. The number of nitro benzene ring substituents is 1. The van der Waals surface area contributed by atoms with Gasteiger partial charge in [-0.05, 0) is 44.9 Å². The quantitative estimate of drug-likeness (QED) is 0.228. The van der Waals surface area contributed by atoms with Crippen molar-refractivity contribution in [2.75, 3.05) is 70.2 Å². The van der Waals surface area contributed by atoms with Crippen LogP contribution in [0.4, 0.5) is 34.5 Å². The molecule has 186 valence electrons. The maximum atomic E-state index is 11.9. The van der Waals surface area contributed by atoms with Crippen LogP contribution in [0, 0.1) is 10.1 Å².